The zero-order chi connectivity index (χ0) is 18.0. The Kier molecular flexibility index (Phi) is 4.69. The maximum Gasteiger partial charge on any atom is 0.409 e. The highest BCUT2D eigenvalue weighted by Gasteiger charge is 2.25. The molecule has 0 spiro atoms. The SMILES string of the molecule is CCOC(=O)N1CCN(c2nc3ccc(C)cn3c(=O)c2C=O)CC1. The minimum Gasteiger partial charge on any atom is -0.450 e. The lowest BCUT2D eigenvalue weighted by Crippen LogP contribution is -2.49. The molecule has 1 aliphatic heterocycles. The molecule has 0 bridgehead atoms. The van der Waals surface area contributed by atoms with E-state index >= 15 is 0 Å². The summed E-state index contributed by atoms with van der Waals surface area (Å²) >= 11 is 0. The molecule has 0 aliphatic carbocycles. The summed E-state index contributed by atoms with van der Waals surface area (Å²) in [6, 6.07) is 3.62. The average molecular weight is 344 g/mol. The van der Waals surface area contributed by atoms with E-state index in [1.54, 1.807) is 24.1 Å². The maximum absolute atomic E-state index is 12.6. The second-order valence-electron chi connectivity index (χ2n) is 5.88. The molecule has 0 unspecified atom stereocenters. The molecule has 25 heavy (non-hydrogen) atoms. The molecule has 3 rings (SSSR count). The van der Waals surface area contributed by atoms with E-state index in [9.17, 15) is 14.4 Å². The first-order chi connectivity index (χ1) is 12.0. The smallest absolute Gasteiger partial charge is 0.409 e. The normalized spacial score (nSPS) is 14.6. The van der Waals surface area contributed by atoms with Gasteiger partial charge in [-0.1, -0.05) is 6.07 Å². The number of aldehydes is 1. The van der Waals surface area contributed by atoms with Crippen molar-refractivity contribution in [3.05, 3.63) is 39.8 Å². The number of aromatic nitrogens is 2. The fraction of sp³-hybridized carbons (Fsp3) is 0.412. The summed E-state index contributed by atoms with van der Waals surface area (Å²) in [5, 5.41) is 0. The average Bonchev–Trinajstić information content (AvgIpc) is 2.62. The largest absolute Gasteiger partial charge is 0.450 e. The fourth-order valence-corrected chi connectivity index (χ4v) is 2.91. The van der Waals surface area contributed by atoms with Crippen molar-refractivity contribution in [2.24, 2.45) is 0 Å². The predicted octanol–water partition coefficient (Wildman–Crippen LogP) is 1.09. The summed E-state index contributed by atoms with van der Waals surface area (Å²) in [7, 11) is 0. The highest BCUT2D eigenvalue weighted by molar-refractivity contribution is 5.83. The van der Waals surface area contributed by atoms with Crippen LogP contribution in [0.5, 0.6) is 0 Å². The number of anilines is 1. The van der Waals surface area contributed by atoms with E-state index in [0.717, 1.165) is 5.56 Å². The monoisotopic (exact) mass is 344 g/mol. The molecule has 1 aliphatic rings. The van der Waals surface area contributed by atoms with Gasteiger partial charge < -0.3 is 14.5 Å². The van der Waals surface area contributed by atoms with Crippen molar-refractivity contribution in [2.75, 3.05) is 37.7 Å². The van der Waals surface area contributed by atoms with E-state index in [0.29, 0.717) is 50.5 Å². The molecule has 0 aromatic carbocycles. The van der Waals surface area contributed by atoms with Gasteiger partial charge in [0.2, 0.25) is 0 Å². The van der Waals surface area contributed by atoms with Crippen molar-refractivity contribution in [2.45, 2.75) is 13.8 Å². The number of pyridine rings is 1. The molecule has 2 aromatic heterocycles. The van der Waals surface area contributed by atoms with E-state index in [-0.39, 0.29) is 17.2 Å². The van der Waals surface area contributed by atoms with Crippen molar-refractivity contribution in [3.63, 3.8) is 0 Å². The first-order valence-corrected chi connectivity index (χ1v) is 8.20. The number of ether oxygens (including phenoxy) is 1. The molecule has 2 aromatic rings. The molecule has 0 radical (unpaired) electrons. The number of carbonyl (C=O) groups excluding carboxylic acids is 2. The Bertz CT molecular complexity index is 869. The fourth-order valence-electron chi connectivity index (χ4n) is 2.91. The van der Waals surface area contributed by atoms with E-state index in [4.69, 9.17) is 4.74 Å². The van der Waals surface area contributed by atoms with Gasteiger partial charge >= 0.3 is 6.09 Å². The standard InChI is InChI=1S/C17H20N4O4/c1-3-25-17(24)20-8-6-19(7-9-20)15-13(11-22)16(23)21-10-12(2)4-5-14(21)18-15/h4-5,10-11H,3,6-9H2,1-2H3. The summed E-state index contributed by atoms with van der Waals surface area (Å²) < 4.78 is 6.38. The molecular formula is C17H20N4O4. The number of hydrogen-bond acceptors (Lipinski definition) is 6. The van der Waals surface area contributed by atoms with Crippen molar-refractivity contribution in [3.8, 4) is 0 Å². The molecule has 8 nitrogen and oxygen atoms in total. The van der Waals surface area contributed by atoms with Gasteiger partial charge in [-0.15, -0.1) is 0 Å². The molecule has 1 saturated heterocycles. The summed E-state index contributed by atoms with van der Waals surface area (Å²) in [4.78, 5) is 43.9. The van der Waals surface area contributed by atoms with Crippen LogP contribution in [0.1, 0.15) is 22.8 Å². The highest BCUT2D eigenvalue weighted by Crippen LogP contribution is 2.17. The zero-order valence-corrected chi connectivity index (χ0v) is 14.3. The van der Waals surface area contributed by atoms with Crippen LogP contribution < -0.4 is 10.5 Å². The predicted molar refractivity (Wildman–Crippen MR) is 92.4 cm³/mol. The Morgan fingerprint density at radius 1 is 1.28 bits per heavy atom. The molecule has 0 atom stereocenters. The number of aryl methyl sites for hydroxylation is 1. The number of hydrogen-bond donors (Lipinski definition) is 0. The van der Waals surface area contributed by atoms with Gasteiger partial charge in [0.05, 0.1) is 6.61 Å². The lowest BCUT2D eigenvalue weighted by Gasteiger charge is -2.35. The maximum atomic E-state index is 12.6. The van der Waals surface area contributed by atoms with Gasteiger partial charge in [-0.05, 0) is 25.5 Å². The molecule has 3 heterocycles. The van der Waals surface area contributed by atoms with Crippen LogP contribution in [0.3, 0.4) is 0 Å². The van der Waals surface area contributed by atoms with Crippen molar-refractivity contribution in [1.82, 2.24) is 14.3 Å². The Balaban J connectivity index is 1.92. The second kappa shape index (κ2) is 6.92. The van der Waals surface area contributed by atoms with Gasteiger partial charge in [0.1, 0.15) is 17.0 Å². The van der Waals surface area contributed by atoms with Gasteiger partial charge in [-0.2, -0.15) is 0 Å². The molecule has 132 valence electrons. The lowest BCUT2D eigenvalue weighted by atomic mass is 10.2. The number of rotatable bonds is 3. The molecule has 0 saturated carbocycles. The number of nitrogens with zero attached hydrogens (tertiary/aromatic N) is 4. The highest BCUT2D eigenvalue weighted by atomic mass is 16.6. The number of fused-ring (bicyclic) bond motifs is 1. The summed E-state index contributed by atoms with van der Waals surface area (Å²) in [6.07, 6.45) is 1.87. The Morgan fingerprint density at radius 3 is 2.64 bits per heavy atom. The van der Waals surface area contributed by atoms with Crippen LogP contribution in [0.25, 0.3) is 5.65 Å². The third-order valence-electron chi connectivity index (χ3n) is 4.21. The molecule has 8 heteroatoms. The van der Waals surface area contributed by atoms with Crippen LogP contribution in [-0.2, 0) is 4.74 Å². The van der Waals surface area contributed by atoms with Crippen LogP contribution in [0.15, 0.2) is 23.1 Å². The zero-order valence-electron chi connectivity index (χ0n) is 14.3. The Hall–Kier alpha value is -2.90. The summed E-state index contributed by atoms with van der Waals surface area (Å²) in [5.41, 5.74) is 1.05. The van der Waals surface area contributed by atoms with Crippen LogP contribution >= 0.6 is 0 Å². The lowest BCUT2D eigenvalue weighted by molar-refractivity contribution is 0.104. The molecule has 0 N–H and O–H groups in total. The van der Waals surface area contributed by atoms with Crippen LogP contribution in [0.2, 0.25) is 0 Å². The van der Waals surface area contributed by atoms with E-state index < -0.39 is 0 Å². The van der Waals surface area contributed by atoms with Gasteiger partial charge in [0.25, 0.3) is 5.56 Å². The molecular weight excluding hydrogens is 324 g/mol. The van der Waals surface area contributed by atoms with Gasteiger partial charge in [-0.3, -0.25) is 14.0 Å². The third-order valence-corrected chi connectivity index (χ3v) is 4.21. The van der Waals surface area contributed by atoms with Crippen LogP contribution in [0, 0.1) is 6.92 Å². The Labute approximate surface area is 144 Å². The number of carbonyl (C=O) groups is 2. The van der Waals surface area contributed by atoms with E-state index in [1.165, 1.54) is 4.40 Å². The van der Waals surface area contributed by atoms with Crippen molar-refractivity contribution < 1.29 is 14.3 Å². The Morgan fingerprint density at radius 2 is 2.00 bits per heavy atom. The first-order valence-electron chi connectivity index (χ1n) is 8.20. The number of amides is 1. The van der Waals surface area contributed by atoms with Crippen molar-refractivity contribution >= 4 is 23.8 Å². The first kappa shape index (κ1) is 16.9. The van der Waals surface area contributed by atoms with Crippen LogP contribution in [0.4, 0.5) is 10.6 Å². The minimum absolute atomic E-state index is 0.0349. The van der Waals surface area contributed by atoms with Crippen molar-refractivity contribution in [1.29, 1.82) is 0 Å². The number of piperazine rings is 1. The topological polar surface area (TPSA) is 84.2 Å². The van der Waals surface area contributed by atoms with Gasteiger partial charge in [0, 0.05) is 32.4 Å². The molecule has 1 fully saturated rings. The molecule has 1 amide bonds. The quantitative estimate of drug-likeness (QED) is 0.775. The minimum atomic E-state index is -0.383. The van der Waals surface area contributed by atoms with Gasteiger partial charge in [-0.25, -0.2) is 9.78 Å². The summed E-state index contributed by atoms with van der Waals surface area (Å²) in [6.45, 7) is 5.82. The van der Waals surface area contributed by atoms with E-state index in [1.807, 2.05) is 17.9 Å². The summed E-state index contributed by atoms with van der Waals surface area (Å²) in [5.74, 6) is 0.368. The van der Waals surface area contributed by atoms with E-state index in [2.05, 4.69) is 4.98 Å². The third kappa shape index (κ3) is 3.19. The second-order valence-corrected chi connectivity index (χ2v) is 5.88. The van der Waals surface area contributed by atoms with Gasteiger partial charge in [0.15, 0.2) is 6.29 Å². The van der Waals surface area contributed by atoms with Crippen LogP contribution in [-0.4, -0.2) is 59.4 Å².